The first-order chi connectivity index (χ1) is 7.77. The lowest BCUT2D eigenvalue weighted by Crippen LogP contribution is -2.32. The van der Waals surface area contributed by atoms with Gasteiger partial charge in [0.25, 0.3) is 0 Å². The number of rotatable bonds is 7. The molecule has 0 saturated carbocycles. The van der Waals surface area contributed by atoms with Gasteiger partial charge < -0.3 is 10.0 Å². The van der Waals surface area contributed by atoms with Crippen molar-refractivity contribution in [2.75, 3.05) is 19.7 Å². The van der Waals surface area contributed by atoms with Crippen molar-refractivity contribution in [3.63, 3.8) is 0 Å². The lowest BCUT2D eigenvalue weighted by molar-refractivity contribution is -0.131. The largest absolute Gasteiger partial charge is 0.396 e. The van der Waals surface area contributed by atoms with Gasteiger partial charge in [0, 0.05) is 32.3 Å². The molecule has 90 valence electrons. The van der Waals surface area contributed by atoms with E-state index in [1.165, 1.54) is 0 Å². The summed E-state index contributed by atoms with van der Waals surface area (Å²) in [6.45, 7) is 3.89. The molecule has 6 nitrogen and oxygen atoms in total. The number of carbonyl (C=O) groups excluding carboxylic acids is 1. The second kappa shape index (κ2) is 6.95. The fourth-order valence-corrected chi connectivity index (χ4v) is 1.44. The SMILES string of the molecule is CCN(CCCO)C(=O)CCn1ccnn1. The first kappa shape index (κ1) is 12.6. The summed E-state index contributed by atoms with van der Waals surface area (Å²) >= 11 is 0. The number of carbonyl (C=O) groups is 1. The maximum atomic E-state index is 11.8. The molecule has 0 aliphatic carbocycles. The van der Waals surface area contributed by atoms with E-state index in [-0.39, 0.29) is 12.5 Å². The highest BCUT2D eigenvalue weighted by molar-refractivity contribution is 5.76. The van der Waals surface area contributed by atoms with Gasteiger partial charge in [-0.3, -0.25) is 9.48 Å². The molecule has 1 rings (SSSR count). The van der Waals surface area contributed by atoms with Crippen molar-refractivity contribution in [2.24, 2.45) is 0 Å². The van der Waals surface area contributed by atoms with Crippen molar-refractivity contribution in [3.8, 4) is 0 Å². The molecule has 0 atom stereocenters. The zero-order valence-corrected chi connectivity index (χ0v) is 9.54. The second-order valence-corrected chi connectivity index (χ2v) is 3.47. The van der Waals surface area contributed by atoms with E-state index < -0.39 is 0 Å². The fourth-order valence-electron chi connectivity index (χ4n) is 1.44. The number of hydrogen-bond acceptors (Lipinski definition) is 4. The Hall–Kier alpha value is -1.43. The maximum Gasteiger partial charge on any atom is 0.224 e. The summed E-state index contributed by atoms with van der Waals surface area (Å²) in [5.74, 6) is 0.0893. The molecule has 1 aromatic rings. The van der Waals surface area contributed by atoms with Crippen LogP contribution in [-0.4, -0.2) is 50.6 Å². The van der Waals surface area contributed by atoms with Crippen molar-refractivity contribution < 1.29 is 9.90 Å². The van der Waals surface area contributed by atoms with Gasteiger partial charge in [-0.25, -0.2) is 0 Å². The van der Waals surface area contributed by atoms with Crippen LogP contribution >= 0.6 is 0 Å². The number of nitrogens with zero attached hydrogens (tertiary/aromatic N) is 4. The molecule has 0 bridgehead atoms. The summed E-state index contributed by atoms with van der Waals surface area (Å²) < 4.78 is 1.64. The Kier molecular flexibility index (Phi) is 5.49. The van der Waals surface area contributed by atoms with Gasteiger partial charge in [-0.15, -0.1) is 5.10 Å². The van der Waals surface area contributed by atoms with Crippen molar-refractivity contribution in [2.45, 2.75) is 26.3 Å². The first-order valence-corrected chi connectivity index (χ1v) is 5.50. The van der Waals surface area contributed by atoms with E-state index in [2.05, 4.69) is 10.3 Å². The Balaban J connectivity index is 2.31. The quantitative estimate of drug-likeness (QED) is 0.704. The number of amides is 1. The summed E-state index contributed by atoms with van der Waals surface area (Å²) in [6, 6.07) is 0. The van der Waals surface area contributed by atoms with Gasteiger partial charge in [0.05, 0.1) is 12.7 Å². The van der Waals surface area contributed by atoms with Crippen molar-refractivity contribution in [1.82, 2.24) is 19.9 Å². The third-order valence-corrected chi connectivity index (χ3v) is 2.35. The van der Waals surface area contributed by atoms with Crippen LogP contribution in [0.15, 0.2) is 12.4 Å². The van der Waals surface area contributed by atoms with Gasteiger partial charge in [-0.1, -0.05) is 5.21 Å². The summed E-state index contributed by atoms with van der Waals surface area (Å²) in [6.07, 6.45) is 4.37. The molecule has 0 fully saturated rings. The van der Waals surface area contributed by atoms with Crippen LogP contribution < -0.4 is 0 Å². The molecule has 16 heavy (non-hydrogen) atoms. The van der Waals surface area contributed by atoms with E-state index in [9.17, 15) is 4.79 Å². The van der Waals surface area contributed by atoms with E-state index >= 15 is 0 Å². The predicted octanol–water partition coefficient (Wildman–Crippen LogP) is -0.101. The van der Waals surface area contributed by atoms with Crippen LogP contribution in [0.25, 0.3) is 0 Å². The molecule has 0 radical (unpaired) electrons. The standard InChI is InChI=1S/C10H18N4O2/c1-2-13(6-3-9-15)10(16)4-7-14-8-5-11-12-14/h5,8,15H,2-4,6-7,9H2,1H3. The molecule has 0 unspecified atom stereocenters. The summed E-state index contributed by atoms with van der Waals surface area (Å²) in [4.78, 5) is 13.5. The van der Waals surface area contributed by atoms with Crippen LogP contribution in [0, 0.1) is 0 Å². The summed E-state index contributed by atoms with van der Waals surface area (Å²) in [7, 11) is 0. The van der Waals surface area contributed by atoms with E-state index in [1.807, 2.05) is 6.92 Å². The second-order valence-electron chi connectivity index (χ2n) is 3.47. The van der Waals surface area contributed by atoms with Crippen LogP contribution in [0.5, 0.6) is 0 Å². The third-order valence-electron chi connectivity index (χ3n) is 2.35. The van der Waals surface area contributed by atoms with Crippen LogP contribution in [0.4, 0.5) is 0 Å². The first-order valence-electron chi connectivity index (χ1n) is 5.50. The molecule has 0 saturated heterocycles. The average Bonchev–Trinajstić information content (AvgIpc) is 2.80. The average molecular weight is 226 g/mol. The number of aliphatic hydroxyl groups excluding tert-OH is 1. The van der Waals surface area contributed by atoms with Crippen LogP contribution in [0.1, 0.15) is 19.8 Å². The van der Waals surface area contributed by atoms with Gasteiger partial charge >= 0.3 is 0 Å². The lowest BCUT2D eigenvalue weighted by Gasteiger charge is -2.20. The van der Waals surface area contributed by atoms with E-state index in [4.69, 9.17) is 5.11 Å². The minimum absolute atomic E-state index is 0.0893. The minimum atomic E-state index is 0.0893. The Morgan fingerprint density at radius 2 is 2.38 bits per heavy atom. The number of aryl methyl sites for hydroxylation is 1. The molecule has 1 aromatic heterocycles. The fraction of sp³-hybridized carbons (Fsp3) is 0.700. The molecule has 0 spiro atoms. The van der Waals surface area contributed by atoms with E-state index in [0.717, 1.165) is 0 Å². The molecule has 1 heterocycles. The van der Waals surface area contributed by atoms with E-state index in [0.29, 0.717) is 32.5 Å². The maximum absolute atomic E-state index is 11.8. The highest BCUT2D eigenvalue weighted by atomic mass is 16.3. The normalized spacial score (nSPS) is 10.4. The zero-order chi connectivity index (χ0) is 11.8. The van der Waals surface area contributed by atoms with Gasteiger partial charge in [0.2, 0.25) is 5.91 Å². The minimum Gasteiger partial charge on any atom is -0.396 e. The third kappa shape index (κ3) is 3.98. The van der Waals surface area contributed by atoms with E-state index in [1.54, 1.807) is 22.0 Å². The lowest BCUT2D eigenvalue weighted by atomic mass is 10.3. The Morgan fingerprint density at radius 3 is 2.94 bits per heavy atom. The van der Waals surface area contributed by atoms with Crippen LogP contribution in [0.2, 0.25) is 0 Å². The smallest absolute Gasteiger partial charge is 0.224 e. The Morgan fingerprint density at radius 1 is 1.56 bits per heavy atom. The summed E-state index contributed by atoms with van der Waals surface area (Å²) in [5, 5.41) is 16.2. The molecule has 6 heteroatoms. The molecule has 1 N–H and O–H groups in total. The molecular weight excluding hydrogens is 208 g/mol. The zero-order valence-electron chi connectivity index (χ0n) is 9.54. The van der Waals surface area contributed by atoms with Crippen molar-refractivity contribution >= 4 is 5.91 Å². The molecule has 0 aromatic carbocycles. The van der Waals surface area contributed by atoms with Gasteiger partial charge in [-0.2, -0.15) is 0 Å². The van der Waals surface area contributed by atoms with Crippen molar-refractivity contribution in [1.29, 1.82) is 0 Å². The predicted molar refractivity (Wildman–Crippen MR) is 58.6 cm³/mol. The van der Waals surface area contributed by atoms with Gasteiger partial charge in [0.15, 0.2) is 0 Å². The van der Waals surface area contributed by atoms with Gasteiger partial charge in [0.1, 0.15) is 0 Å². The summed E-state index contributed by atoms with van der Waals surface area (Å²) in [5.41, 5.74) is 0. The highest BCUT2D eigenvalue weighted by Crippen LogP contribution is 1.98. The number of aromatic nitrogens is 3. The van der Waals surface area contributed by atoms with Crippen LogP contribution in [-0.2, 0) is 11.3 Å². The van der Waals surface area contributed by atoms with Gasteiger partial charge in [-0.05, 0) is 13.3 Å². The molecule has 0 aliphatic heterocycles. The molecule has 0 aliphatic rings. The highest BCUT2D eigenvalue weighted by Gasteiger charge is 2.10. The topological polar surface area (TPSA) is 71.2 Å². The van der Waals surface area contributed by atoms with Crippen LogP contribution in [0.3, 0.4) is 0 Å². The Labute approximate surface area is 94.9 Å². The number of aliphatic hydroxyl groups is 1. The molecular formula is C10H18N4O2. The number of hydrogen-bond donors (Lipinski definition) is 1. The molecule has 1 amide bonds. The Bertz CT molecular complexity index is 300. The van der Waals surface area contributed by atoms with Crippen molar-refractivity contribution in [3.05, 3.63) is 12.4 Å². The monoisotopic (exact) mass is 226 g/mol.